The molecule has 9 rings (SSSR count). The lowest BCUT2D eigenvalue weighted by Gasteiger charge is -2.35. The number of aliphatic hydroxyl groups is 1. The number of pyridine rings is 1. The van der Waals surface area contributed by atoms with Gasteiger partial charge in [0, 0.05) is 86.3 Å². The normalized spacial score (nSPS) is 20.1. The summed E-state index contributed by atoms with van der Waals surface area (Å²) in [5.74, 6) is 1.19. The molecule has 412 valence electrons. The van der Waals surface area contributed by atoms with E-state index in [4.69, 9.17) is 29.1 Å². The average Bonchev–Trinajstić information content (AvgIpc) is 4.23. The Bertz CT molecular complexity index is 2850. The quantitative estimate of drug-likeness (QED) is 0.0403. The van der Waals surface area contributed by atoms with Gasteiger partial charge in [0.2, 0.25) is 5.91 Å². The number of aliphatic hydroxyl groups excluding tert-OH is 1. The molecule has 4 aliphatic heterocycles. The molecule has 18 heteroatoms. The van der Waals surface area contributed by atoms with E-state index in [-0.39, 0.29) is 41.1 Å². The fourth-order valence-electron chi connectivity index (χ4n) is 11.3. The van der Waals surface area contributed by atoms with E-state index in [9.17, 15) is 4.79 Å². The highest BCUT2D eigenvalue weighted by molar-refractivity contribution is 7.13. The van der Waals surface area contributed by atoms with E-state index in [1.807, 2.05) is 57.6 Å². The number of amides is 1. The smallest absolute Gasteiger partial charge is 0.254 e. The van der Waals surface area contributed by atoms with Crippen molar-refractivity contribution >= 4 is 59.1 Å². The number of aromatic nitrogens is 3. The van der Waals surface area contributed by atoms with Gasteiger partial charge in [0.05, 0.1) is 40.8 Å². The molecule has 3 fully saturated rings. The first-order chi connectivity index (χ1) is 37.5. The van der Waals surface area contributed by atoms with Crippen LogP contribution < -0.4 is 20.7 Å². The Labute approximate surface area is 457 Å². The summed E-state index contributed by atoms with van der Waals surface area (Å²) in [5, 5.41) is 23.5. The van der Waals surface area contributed by atoms with Crippen LogP contribution in [0.4, 0.5) is 4.39 Å². The SMILES string of the molecule is C=N/C(=C1/C=NC(c2cncc3cccc(CC)c23)=C(F)C1=NCCN1CCC(COc2cc(C(C(C)C)C(CCCNC)C(=O)NC(C)c3ccc(-c4scnc4C)cc3)on2)CC1)N1CC2CCC(C1)N2.C=O.CO. The van der Waals surface area contributed by atoms with Gasteiger partial charge in [-0.15, -0.1) is 11.3 Å². The number of hydrogen-bond acceptors (Lipinski definition) is 16. The molecular weight excluding hydrogens is 994 g/mol. The fraction of sp³-hybridized carbons (Fsp3) is 0.492. The van der Waals surface area contributed by atoms with Gasteiger partial charge in [0.15, 0.2) is 5.83 Å². The number of piperazine rings is 1. The summed E-state index contributed by atoms with van der Waals surface area (Å²) >= 11 is 1.63. The third-order valence-electron chi connectivity index (χ3n) is 15.3. The minimum Gasteiger partial charge on any atom is -0.475 e. The molecule has 0 spiro atoms. The molecule has 0 radical (unpaired) electrons. The molecule has 0 saturated carbocycles. The molecule has 0 aliphatic carbocycles. The number of fused-ring (bicyclic) bond motifs is 3. The number of nitrogens with one attached hydrogen (secondary N) is 3. The molecule has 3 aromatic heterocycles. The number of hydrogen-bond donors (Lipinski definition) is 4. The summed E-state index contributed by atoms with van der Waals surface area (Å²) in [6.07, 6.45) is 11.7. The minimum atomic E-state index is -0.467. The number of piperidine rings is 1. The zero-order valence-corrected chi connectivity index (χ0v) is 46.8. The Morgan fingerprint density at radius 3 is 2.45 bits per heavy atom. The maximum Gasteiger partial charge on any atom is 0.254 e. The van der Waals surface area contributed by atoms with Crippen LogP contribution in [0.2, 0.25) is 0 Å². The van der Waals surface area contributed by atoms with Gasteiger partial charge in [-0.3, -0.25) is 19.8 Å². The lowest BCUT2D eigenvalue weighted by Crippen LogP contribution is -2.50. The van der Waals surface area contributed by atoms with Crippen LogP contribution in [0.15, 0.2) is 103 Å². The van der Waals surface area contributed by atoms with E-state index < -0.39 is 5.83 Å². The van der Waals surface area contributed by atoms with Crippen LogP contribution in [0.5, 0.6) is 5.88 Å². The van der Waals surface area contributed by atoms with Crippen LogP contribution in [0.3, 0.4) is 0 Å². The summed E-state index contributed by atoms with van der Waals surface area (Å²) in [5.41, 5.74) is 7.90. The van der Waals surface area contributed by atoms with Crippen LogP contribution in [0.1, 0.15) is 106 Å². The van der Waals surface area contributed by atoms with Crippen molar-refractivity contribution in [3.63, 3.8) is 0 Å². The molecule has 5 aromatic rings. The number of likely N-dealkylation sites (tertiary alicyclic amines) is 2. The number of thiazole rings is 1. The van der Waals surface area contributed by atoms with Gasteiger partial charge < -0.3 is 44.9 Å². The highest BCUT2D eigenvalue weighted by atomic mass is 32.1. The Balaban J connectivity index is 0.00000210. The third kappa shape index (κ3) is 14.1. The summed E-state index contributed by atoms with van der Waals surface area (Å²) in [4.78, 5) is 51.3. The number of ether oxygens (including phenoxy) is 1. The summed E-state index contributed by atoms with van der Waals surface area (Å²) in [7, 11) is 2.94. The largest absolute Gasteiger partial charge is 0.475 e. The molecule has 5 unspecified atom stereocenters. The number of nitrogens with zero attached hydrogens (tertiary/aromatic N) is 8. The van der Waals surface area contributed by atoms with Gasteiger partial charge >= 0.3 is 0 Å². The average molecular weight is 1070 g/mol. The number of halogens is 1. The van der Waals surface area contributed by atoms with Crippen LogP contribution in [-0.2, 0) is 16.0 Å². The Morgan fingerprint density at radius 1 is 1.05 bits per heavy atom. The lowest BCUT2D eigenvalue weighted by molar-refractivity contribution is -0.127. The highest BCUT2D eigenvalue weighted by Gasteiger charge is 2.37. The first-order valence-corrected chi connectivity index (χ1v) is 28.0. The number of aryl methyl sites for hydroxylation is 2. The molecule has 2 bridgehead atoms. The lowest BCUT2D eigenvalue weighted by atomic mass is 9.78. The number of rotatable bonds is 21. The third-order valence-corrected chi connectivity index (χ3v) is 16.3. The Kier molecular flexibility index (Phi) is 21.5. The zero-order valence-electron chi connectivity index (χ0n) is 45.9. The van der Waals surface area contributed by atoms with Crippen LogP contribution in [-0.4, -0.2) is 140 Å². The standard InChI is InChI=1S/C57H72FN11O3S.CH4O.CH2O/c1-8-39-11-9-12-42-28-61-29-46(51(39)42)53-52(58)54(47(30-63-53)56(60-7)69-31-43-18-19-44(32-69)66-43)62-23-26-68-24-20-38(21-25-68)33-71-49-27-48(72-67-49)50(35(2)3)45(13-10-22-59-6)57(70)65-36(4)40-14-16-41(17-15-40)55-37(5)64-34-73-55;2*1-2/h9,11-12,14-17,27-30,34-36,38,43-45,50,59,66H,7-8,10,13,18-26,31-33H2,1-6H3,(H,65,70);2H,1H3;1H2/b56-47+,62-54?;;. The van der Waals surface area contributed by atoms with Gasteiger partial charge in [-0.05, 0) is 131 Å². The van der Waals surface area contributed by atoms with E-state index in [2.05, 4.69) is 104 Å². The Hall–Kier alpha value is -6.31. The molecule has 5 atom stereocenters. The van der Waals surface area contributed by atoms with Crippen molar-refractivity contribution in [3.8, 4) is 16.3 Å². The molecule has 4 aliphatic rings. The van der Waals surface area contributed by atoms with Gasteiger partial charge in [0.1, 0.15) is 29.8 Å². The predicted octanol–water partition coefficient (Wildman–Crippen LogP) is 9.18. The van der Waals surface area contributed by atoms with Gasteiger partial charge in [-0.25, -0.2) is 14.4 Å². The van der Waals surface area contributed by atoms with Crippen molar-refractivity contribution in [1.29, 1.82) is 0 Å². The highest BCUT2D eigenvalue weighted by Crippen LogP contribution is 2.39. The molecule has 1 amide bonds. The molecule has 2 aromatic carbocycles. The number of allylic oxidation sites excluding steroid dienone is 2. The molecule has 16 nitrogen and oxygen atoms in total. The van der Waals surface area contributed by atoms with Crippen molar-refractivity contribution in [2.24, 2.45) is 32.7 Å². The topological polar surface area (TPSA) is 195 Å². The van der Waals surface area contributed by atoms with Crippen LogP contribution >= 0.6 is 11.3 Å². The maximum atomic E-state index is 17.3. The fourth-order valence-corrected chi connectivity index (χ4v) is 12.2. The zero-order chi connectivity index (χ0) is 55.0. The van der Waals surface area contributed by atoms with E-state index in [1.54, 1.807) is 23.7 Å². The van der Waals surface area contributed by atoms with Crippen LogP contribution in [0.25, 0.3) is 26.9 Å². The predicted molar refractivity (Wildman–Crippen MR) is 308 cm³/mol. The van der Waals surface area contributed by atoms with E-state index in [1.165, 1.54) is 0 Å². The maximum absolute atomic E-state index is 17.3. The first-order valence-electron chi connectivity index (χ1n) is 27.1. The second-order valence-electron chi connectivity index (χ2n) is 20.6. The summed E-state index contributed by atoms with van der Waals surface area (Å²) in [6.45, 7) is 22.1. The molecule has 3 saturated heterocycles. The van der Waals surface area contributed by atoms with E-state index in [0.29, 0.717) is 72.7 Å². The van der Waals surface area contributed by atoms with Gasteiger partial charge in [-0.2, -0.15) is 0 Å². The number of aliphatic imine (C=N–C) groups is 3. The molecule has 7 heterocycles. The van der Waals surface area contributed by atoms with Crippen molar-refractivity contribution in [1.82, 2.24) is 40.9 Å². The number of carbonyl (C=O) groups excluding carboxylic acids is 2. The number of carbonyl (C=O) groups is 2. The minimum absolute atomic E-state index is 0.00169. The van der Waals surface area contributed by atoms with Crippen molar-refractivity contribution in [2.75, 3.05) is 66.6 Å². The van der Waals surface area contributed by atoms with E-state index in [0.717, 1.165) is 116 Å². The first kappa shape index (κ1) is 58.4. The second-order valence-corrected chi connectivity index (χ2v) is 21.4. The Morgan fingerprint density at radius 2 is 1.79 bits per heavy atom. The number of benzene rings is 2. The second kappa shape index (κ2) is 28.4. The van der Waals surface area contributed by atoms with Gasteiger partial charge in [-0.1, -0.05) is 63.2 Å². The molecule has 4 N–H and O–H groups in total. The van der Waals surface area contributed by atoms with Gasteiger partial charge in [0.25, 0.3) is 5.88 Å². The van der Waals surface area contributed by atoms with E-state index >= 15 is 4.39 Å². The van der Waals surface area contributed by atoms with Crippen LogP contribution in [0, 0.1) is 24.7 Å². The summed E-state index contributed by atoms with van der Waals surface area (Å²) in [6, 6.07) is 16.9. The van der Waals surface area contributed by atoms with Crippen molar-refractivity contribution in [3.05, 3.63) is 112 Å². The molecular formula is C59H78FN11O5S. The van der Waals surface area contributed by atoms with Crippen molar-refractivity contribution in [2.45, 2.75) is 104 Å². The molecule has 77 heavy (non-hydrogen) atoms. The monoisotopic (exact) mass is 1070 g/mol. The summed E-state index contributed by atoms with van der Waals surface area (Å²) < 4.78 is 29.6. The van der Waals surface area contributed by atoms with Crippen molar-refractivity contribution < 1.29 is 28.3 Å².